The highest BCUT2D eigenvalue weighted by molar-refractivity contribution is 6.34. The molecule has 28 heavy (non-hydrogen) atoms. The van der Waals surface area contributed by atoms with Crippen molar-refractivity contribution in [2.24, 2.45) is 0 Å². The number of halogens is 1. The molecule has 148 valence electrons. The summed E-state index contributed by atoms with van der Waals surface area (Å²) < 4.78 is 15.0. The molecule has 2 amide bonds. The minimum absolute atomic E-state index is 0.215. The predicted octanol–water partition coefficient (Wildman–Crippen LogP) is 3.11. The van der Waals surface area contributed by atoms with Crippen LogP contribution in [0.25, 0.3) is 0 Å². The lowest BCUT2D eigenvalue weighted by Crippen LogP contribution is -2.15. The number of ether oxygens (including phenoxy) is 3. The minimum atomic E-state index is -0.567. The van der Waals surface area contributed by atoms with E-state index in [0.29, 0.717) is 17.1 Å². The maximum atomic E-state index is 12.5. The van der Waals surface area contributed by atoms with Gasteiger partial charge in [-0.1, -0.05) is 11.6 Å². The Labute approximate surface area is 166 Å². The summed E-state index contributed by atoms with van der Waals surface area (Å²) in [4.78, 5) is 34.9. The van der Waals surface area contributed by atoms with Crippen LogP contribution in [0, 0.1) is 0 Å². The number of hydrogen-bond acceptors (Lipinski definition) is 6. The van der Waals surface area contributed by atoms with Crippen LogP contribution >= 0.6 is 11.6 Å². The van der Waals surface area contributed by atoms with Gasteiger partial charge in [0.15, 0.2) is 18.1 Å². The molecule has 2 aromatic rings. The fourth-order valence-electron chi connectivity index (χ4n) is 2.22. The van der Waals surface area contributed by atoms with E-state index in [9.17, 15) is 14.4 Å². The Morgan fingerprint density at radius 1 is 1.00 bits per heavy atom. The third-order valence-corrected chi connectivity index (χ3v) is 3.85. The standard InChI is InChI=1S/C19H19ClN2O6/c1-11(23)21-13-5-6-15(14(20)9-13)22-19(25)12-4-7-16(26-2)17(8-12)28-10-18(24)27-3/h4-9H,10H2,1-3H3,(H,21,23)(H,22,25). The van der Waals surface area contributed by atoms with Crippen LogP contribution < -0.4 is 20.1 Å². The summed E-state index contributed by atoms with van der Waals surface area (Å²) in [6, 6.07) is 9.24. The number of methoxy groups -OCH3 is 2. The molecular formula is C19H19ClN2O6. The van der Waals surface area contributed by atoms with Crippen molar-refractivity contribution in [1.29, 1.82) is 0 Å². The predicted molar refractivity (Wildman–Crippen MR) is 104 cm³/mol. The van der Waals surface area contributed by atoms with Gasteiger partial charge in [0.1, 0.15) is 0 Å². The van der Waals surface area contributed by atoms with Crippen molar-refractivity contribution < 1.29 is 28.6 Å². The molecule has 0 bridgehead atoms. The van der Waals surface area contributed by atoms with Crippen LogP contribution in [0.3, 0.4) is 0 Å². The van der Waals surface area contributed by atoms with Gasteiger partial charge in [-0.25, -0.2) is 4.79 Å². The molecule has 0 fully saturated rings. The first kappa shape index (κ1) is 21.0. The van der Waals surface area contributed by atoms with Crippen LogP contribution in [0.2, 0.25) is 5.02 Å². The monoisotopic (exact) mass is 406 g/mol. The molecule has 0 saturated carbocycles. The summed E-state index contributed by atoms with van der Waals surface area (Å²) in [6.45, 7) is 1.06. The molecule has 0 radical (unpaired) electrons. The highest BCUT2D eigenvalue weighted by atomic mass is 35.5. The van der Waals surface area contributed by atoms with Gasteiger partial charge in [0.05, 0.1) is 24.9 Å². The molecule has 0 aromatic heterocycles. The fourth-order valence-corrected chi connectivity index (χ4v) is 2.45. The first-order valence-electron chi connectivity index (χ1n) is 8.10. The average molecular weight is 407 g/mol. The molecule has 0 aliphatic rings. The van der Waals surface area contributed by atoms with Crippen molar-refractivity contribution >= 4 is 40.8 Å². The maximum absolute atomic E-state index is 12.5. The number of esters is 1. The number of nitrogens with one attached hydrogen (secondary N) is 2. The quantitative estimate of drug-likeness (QED) is 0.685. The molecule has 9 heteroatoms. The molecule has 0 atom stereocenters. The van der Waals surface area contributed by atoms with Gasteiger partial charge in [-0.15, -0.1) is 0 Å². The Morgan fingerprint density at radius 3 is 2.36 bits per heavy atom. The zero-order valence-electron chi connectivity index (χ0n) is 15.5. The van der Waals surface area contributed by atoms with Gasteiger partial charge in [0.25, 0.3) is 5.91 Å². The molecule has 0 heterocycles. The molecule has 0 unspecified atom stereocenters. The van der Waals surface area contributed by atoms with E-state index in [-0.39, 0.29) is 28.8 Å². The van der Waals surface area contributed by atoms with Crippen LogP contribution in [-0.2, 0) is 14.3 Å². The largest absolute Gasteiger partial charge is 0.493 e. The van der Waals surface area contributed by atoms with Crippen molar-refractivity contribution in [1.82, 2.24) is 0 Å². The summed E-state index contributed by atoms with van der Waals surface area (Å²) in [6.07, 6.45) is 0. The Balaban J connectivity index is 2.17. The van der Waals surface area contributed by atoms with E-state index in [1.54, 1.807) is 24.3 Å². The second kappa shape index (κ2) is 9.61. The number of carbonyl (C=O) groups excluding carboxylic acids is 3. The normalized spacial score (nSPS) is 10.0. The second-order valence-corrected chi connectivity index (χ2v) is 5.97. The third-order valence-electron chi connectivity index (χ3n) is 3.54. The molecule has 2 aromatic carbocycles. The van der Waals surface area contributed by atoms with E-state index >= 15 is 0 Å². The Kier molecular flexibility index (Phi) is 7.22. The van der Waals surface area contributed by atoms with Gasteiger partial charge >= 0.3 is 5.97 Å². The molecule has 2 rings (SSSR count). The Hall–Kier alpha value is -3.26. The third kappa shape index (κ3) is 5.62. The number of benzene rings is 2. The number of amides is 2. The zero-order valence-corrected chi connectivity index (χ0v) is 16.3. The van der Waals surface area contributed by atoms with Crippen LogP contribution in [0.5, 0.6) is 11.5 Å². The second-order valence-electron chi connectivity index (χ2n) is 5.56. The smallest absolute Gasteiger partial charge is 0.343 e. The number of anilines is 2. The van der Waals surface area contributed by atoms with E-state index in [1.165, 1.54) is 33.3 Å². The molecule has 8 nitrogen and oxygen atoms in total. The maximum Gasteiger partial charge on any atom is 0.343 e. The molecule has 0 spiro atoms. The van der Waals surface area contributed by atoms with Gasteiger partial charge in [-0.05, 0) is 36.4 Å². The zero-order chi connectivity index (χ0) is 20.7. The lowest BCUT2D eigenvalue weighted by molar-refractivity contribution is -0.142. The lowest BCUT2D eigenvalue weighted by Gasteiger charge is -2.13. The summed E-state index contributed by atoms with van der Waals surface area (Å²) >= 11 is 6.16. The van der Waals surface area contributed by atoms with Crippen LogP contribution in [0.15, 0.2) is 36.4 Å². The van der Waals surface area contributed by atoms with E-state index < -0.39 is 11.9 Å². The van der Waals surface area contributed by atoms with Gasteiger partial charge in [-0.2, -0.15) is 0 Å². The SMILES string of the molecule is COC(=O)COc1cc(C(=O)Nc2ccc(NC(C)=O)cc2Cl)ccc1OC. The summed E-state index contributed by atoms with van der Waals surface area (Å²) in [7, 11) is 2.68. The topological polar surface area (TPSA) is 103 Å². The average Bonchev–Trinajstić information content (AvgIpc) is 2.67. The van der Waals surface area contributed by atoms with Crippen molar-refractivity contribution in [3.8, 4) is 11.5 Å². The highest BCUT2D eigenvalue weighted by Gasteiger charge is 2.14. The molecular weight excluding hydrogens is 388 g/mol. The minimum Gasteiger partial charge on any atom is -0.493 e. The molecule has 0 saturated heterocycles. The van der Waals surface area contributed by atoms with Crippen molar-refractivity contribution in [3.63, 3.8) is 0 Å². The summed E-state index contributed by atoms with van der Waals surface area (Å²) in [5, 5.41) is 5.54. The van der Waals surface area contributed by atoms with Crippen molar-refractivity contribution in [2.75, 3.05) is 31.5 Å². The van der Waals surface area contributed by atoms with Gasteiger partial charge in [-0.3, -0.25) is 9.59 Å². The summed E-state index contributed by atoms with van der Waals surface area (Å²) in [5.74, 6) is -0.668. The van der Waals surface area contributed by atoms with Gasteiger partial charge in [0.2, 0.25) is 5.91 Å². The Morgan fingerprint density at radius 2 is 1.75 bits per heavy atom. The van der Waals surface area contributed by atoms with E-state index in [1.807, 2.05) is 0 Å². The van der Waals surface area contributed by atoms with E-state index in [2.05, 4.69) is 15.4 Å². The van der Waals surface area contributed by atoms with Crippen molar-refractivity contribution in [3.05, 3.63) is 47.0 Å². The molecule has 0 aliphatic carbocycles. The summed E-state index contributed by atoms with van der Waals surface area (Å²) in [5.41, 5.74) is 1.15. The number of carbonyl (C=O) groups is 3. The fraction of sp³-hybridized carbons (Fsp3) is 0.211. The van der Waals surface area contributed by atoms with Gasteiger partial charge < -0.3 is 24.8 Å². The first-order valence-corrected chi connectivity index (χ1v) is 8.48. The number of hydrogen-bond donors (Lipinski definition) is 2. The van der Waals surface area contributed by atoms with Gasteiger partial charge in [0, 0.05) is 18.2 Å². The lowest BCUT2D eigenvalue weighted by atomic mass is 10.1. The Bertz CT molecular complexity index is 900. The highest BCUT2D eigenvalue weighted by Crippen LogP contribution is 2.30. The van der Waals surface area contributed by atoms with Crippen LogP contribution in [-0.4, -0.2) is 38.6 Å². The first-order chi connectivity index (χ1) is 13.3. The van der Waals surface area contributed by atoms with Crippen molar-refractivity contribution in [2.45, 2.75) is 6.92 Å². The number of rotatable bonds is 7. The van der Waals surface area contributed by atoms with E-state index in [0.717, 1.165) is 0 Å². The van der Waals surface area contributed by atoms with E-state index in [4.69, 9.17) is 21.1 Å². The molecule has 0 aliphatic heterocycles. The molecule has 2 N–H and O–H groups in total. The van der Waals surface area contributed by atoms with Crippen LogP contribution in [0.1, 0.15) is 17.3 Å². The van der Waals surface area contributed by atoms with Crippen LogP contribution in [0.4, 0.5) is 11.4 Å².